The summed E-state index contributed by atoms with van der Waals surface area (Å²) in [6.45, 7) is 0.909. The summed E-state index contributed by atoms with van der Waals surface area (Å²) >= 11 is 0. The van der Waals surface area contributed by atoms with Crippen LogP contribution in [0.25, 0.3) is 0 Å². The summed E-state index contributed by atoms with van der Waals surface area (Å²) in [5.41, 5.74) is 1.05. The molecule has 1 heterocycles. The summed E-state index contributed by atoms with van der Waals surface area (Å²) in [6.07, 6.45) is 4.55. The van der Waals surface area contributed by atoms with Crippen molar-refractivity contribution in [3.05, 3.63) is 54.1 Å². The Labute approximate surface area is 184 Å². The average molecular weight is 425 g/mol. The number of anilines is 1. The number of aliphatic hydroxyl groups is 1. The highest BCUT2D eigenvalue weighted by atomic mass is 16.5. The van der Waals surface area contributed by atoms with Gasteiger partial charge in [0.15, 0.2) is 0 Å². The Morgan fingerprint density at radius 2 is 1.94 bits per heavy atom. The van der Waals surface area contributed by atoms with Crippen LogP contribution in [0.1, 0.15) is 43.7 Å². The Balaban J connectivity index is 1.66. The second-order valence-corrected chi connectivity index (χ2v) is 8.64. The molecule has 31 heavy (non-hydrogen) atoms. The first-order valence-corrected chi connectivity index (χ1v) is 11.1. The number of nitrogens with zero attached hydrogens (tertiary/aromatic N) is 1. The number of nitrogens with one attached hydrogen (secondary N) is 1. The summed E-state index contributed by atoms with van der Waals surface area (Å²) in [7, 11) is 3.31. The summed E-state index contributed by atoms with van der Waals surface area (Å²) < 4.78 is 11.2. The fraction of sp³-hybridized carbons (Fsp3) is 0.480. The van der Waals surface area contributed by atoms with Crippen LogP contribution in [0.4, 0.5) is 5.69 Å². The Kier molecular flexibility index (Phi) is 6.49. The number of hydrogen-bond acceptors (Lipinski definition) is 5. The van der Waals surface area contributed by atoms with E-state index in [1.807, 2.05) is 48.5 Å². The zero-order valence-corrected chi connectivity index (χ0v) is 18.3. The van der Waals surface area contributed by atoms with E-state index >= 15 is 0 Å². The highest BCUT2D eigenvalue weighted by Crippen LogP contribution is 2.51. The monoisotopic (exact) mass is 424 g/mol. The first-order chi connectivity index (χ1) is 15.0. The number of carbonyl (C=O) groups excluding carboxylic acids is 1. The van der Waals surface area contributed by atoms with Crippen molar-refractivity contribution in [3.8, 4) is 11.5 Å². The number of methoxy groups -OCH3 is 2. The van der Waals surface area contributed by atoms with Crippen LogP contribution in [0.5, 0.6) is 11.5 Å². The molecule has 2 aromatic rings. The van der Waals surface area contributed by atoms with E-state index in [0.717, 1.165) is 48.4 Å². The van der Waals surface area contributed by atoms with Crippen LogP contribution in [-0.4, -0.2) is 48.8 Å². The molecule has 3 atom stereocenters. The van der Waals surface area contributed by atoms with Crippen LogP contribution in [0, 0.1) is 5.92 Å². The largest absolute Gasteiger partial charge is 0.497 e. The zero-order valence-electron chi connectivity index (χ0n) is 18.3. The molecule has 0 aromatic heterocycles. The van der Waals surface area contributed by atoms with Gasteiger partial charge in [-0.2, -0.15) is 0 Å². The van der Waals surface area contributed by atoms with E-state index in [9.17, 15) is 9.90 Å². The quantitative estimate of drug-likeness (QED) is 0.733. The lowest BCUT2D eigenvalue weighted by Crippen LogP contribution is -2.56. The lowest BCUT2D eigenvalue weighted by molar-refractivity contribution is -0.135. The lowest BCUT2D eigenvalue weighted by Gasteiger charge is -2.52. The molecule has 2 aromatic carbocycles. The van der Waals surface area contributed by atoms with Crippen LogP contribution >= 0.6 is 0 Å². The summed E-state index contributed by atoms with van der Waals surface area (Å²) in [4.78, 5) is 15.1. The van der Waals surface area contributed by atoms with Gasteiger partial charge in [-0.25, -0.2) is 0 Å². The van der Waals surface area contributed by atoms with E-state index < -0.39 is 5.60 Å². The van der Waals surface area contributed by atoms with Crippen LogP contribution in [-0.2, 0) is 4.79 Å². The van der Waals surface area contributed by atoms with Gasteiger partial charge >= 0.3 is 0 Å². The number of para-hydroxylation sites is 1. The van der Waals surface area contributed by atoms with Crippen molar-refractivity contribution < 1.29 is 19.4 Å². The topological polar surface area (TPSA) is 71.0 Å². The number of hydrogen-bond donors (Lipinski definition) is 2. The number of ether oxygens (including phenoxy) is 2. The molecule has 4 rings (SSSR count). The van der Waals surface area contributed by atoms with Crippen LogP contribution in [0.15, 0.2) is 48.5 Å². The van der Waals surface area contributed by atoms with Crippen molar-refractivity contribution in [2.45, 2.75) is 43.7 Å². The molecule has 1 aliphatic heterocycles. The number of rotatable bonds is 6. The first kappa shape index (κ1) is 21.7. The molecule has 0 unspecified atom stereocenters. The molecule has 166 valence electrons. The van der Waals surface area contributed by atoms with E-state index in [2.05, 4.69) is 10.2 Å². The van der Waals surface area contributed by atoms with Crippen LogP contribution in [0.2, 0.25) is 0 Å². The van der Waals surface area contributed by atoms with Gasteiger partial charge in [0.25, 0.3) is 0 Å². The maximum Gasteiger partial charge on any atom is 0.238 e. The Bertz CT molecular complexity index is 904. The molecule has 2 aliphatic rings. The highest BCUT2D eigenvalue weighted by molar-refractivity contribution is 5.92. The molecule has 2 fully saturated rings. The number of likely N-dealkylation sites (tertiary alicyclic amines) is 1. The number of amides is 1. The highest BCUT2D eigenvalue weighted by Gasteiger charge is 2.49. The van der Waals surface area contributed by atoms with Gasteiger partial charge in [0, 0.05) is 29.8 Å². The van der Waals surface area contributed by atoms with Crippen molar-refractivity contribution in [1.29, 1.82) is 0 Å². The van der Waals surface area contributed by atoms with Crippen LogP contribution in [0.3, 0.4) is 0 Å². The smallest absolute Gasteiger partial charge is 0.238 e. The van der Waals surface area contributed by atoms with E-state index in [4.69, 9.17) is 9.47 Å². The molecule has 1 saturated heterocycles. The molecule has 1 aliphatic carbocycles. The number of piperidine rings is 1. The minimum absolute atomic E-state index is 0.0422. The molecule has 0 bridgehead atoms. The Hall–Kier alpha value is -2.57. The molecule has 6 nitrogen and oxygen atoms in total. The Morgan fingerprint density at radius 3 is 2.68 bits per heavy atom. The molecular formula is C25H32N2O4. The maximum absolute atomic E-state index is 12.9. The van der Waals surface area contributed by atoms with Gasteiger partial charge in [-0.3, -0.25) is 9.69 Å². The summed E-state index contributed by atoms with van der Waals surface area (Å²) in [5.74, 6) is 1.49. The van der Waals surface area contributed by atoms with E-state index in [1.165, 1.54) is 0 Å². The molecule has 0 spiro atoms. The first-order valence-electron chi connectivity index (χ1n) is 11.1. The third-order valence-electron chi connectivity index (χ3n) is 6.83. The minimum atomic E-state index is -0.705. The van der Waals surface area contributed by atoms with Gasteiger partial charge in [-0.1, -0.05) is 31.0 Å². The number of benzene rings is 2. The minimum Gasteiger partial charge on any atom is -0.497 e. The van der Waals surface area contributed by atoms with Gasteiger partial charge in [-0.15, -0.1) is 0 Å². The number of carbonyl (C=O) groups is 1. The standard InChI is InChI=1S/C25H32N2O4/c1-30-19-11-12-22(31-2)20(16-19)24-21-10-6-7-13-25(21,29)14-15-27(24)17-23(28)26-18-8-4-3-5-9-18/h3-5,8-9,11-12,16,21,24,29H,6-7,10,13-15,17H2,1-2H3,(H,26,28)/t21-,24+,25-/m0/s1. The average Bonchev–Trinajstić information content (AvgIpc) is 2.79. The Morgan fingerprint density at radius 1 is 1.13 bits per heavy atom. The van der Waals surface area contributed by atoms with Crippen molar-refractivity contribution in [2.75, 3.05) is 32.6 Å². The van der Waals surface area contributed by atoms with Gasteiger partial charge < -0.3 is 19.9 Å². The van der Waals surface area contributed by atoms with Crippen molar-refractivity contribution in [3.63, 3.8) is 0 Å². The predicted octanol–water partition coefficient (Wildman–Crippen LogP) is 4.01. The summed E-state index contributed by atoms with van der Waals surface area (Å²) in [5, 5.41) is 14.5. The fourth-order valence-electron chi connectivity index (χ4n) is 5.31. The molecule has 1 amide bonds. The van der Waals surface area contributed by atoms with Gasteiger partial charge in [0.05, 0.1) is 26.4 Å². The third kappa shape index (κ3) is 4.55. The predicted molar refractivity (Wildman–Crippen MR) is 120 cm³/mol. The maximum atomic E-state index is 12.9. The van der Waals surface area contributed by atoms with E-state index in [1.54, 1.807) is 14.2 Å². The zero-order chi connectivity index (χ0) is 21.8. The molecule has 1 saturated carbocycles. The van der Waals surface area contributed by atoms with Gasteiger partial charge in [0.1, 0.15) is 11.5 Å². The van der Waals surface area contributed by atoms with Gasteiger partial charge in [-0.05, 0) is 49.6 Å². The van der Waals surface area contributed by atoms with Crippen molar-refractivity contribution in [1.82, 2.24) is 4.90 Å². The van der Waals surface area contributed by atoms with Crippen molar-refractivity contribution >= 4 is 11.6 Å². The molecular weight excluding hydrogens is 392 g/mol. The third-order valence-corrected chi connectivity index (χ3v) is 6.83. The number of fused-ring (bicyclic) bond motifs is 1. The normalized spacial score (nSPS) is 26.0. The second-order valence-electron chi connectivity index (χ2n) is 8.64. The lowest BCUT2D eigenvalue weighted by atomic mass is 9.66. The van der Waals surface area contributed by atoms with E-state index in [-0.39, 0.29) is 24.4 Å². The van der Waals surface area contributed by atoms with Crippen LogP contribution < -0.4 is 14.8 Å². The second kappa shape index (κ2) is 9.28. The fourth-order valence-corrected chi connectivity index (χ4v) is 5.31. The van der Waals surface area contributed by atoms with Crippen molar-refractivity contribution in [2.24, 2.45) is 5.92 Å². The molecule has 0 radical (unpaired) electrons. The summed E-state index contributed by atoms with van der Waals surface area (Å²) in [6, 6.07) is 15.2. The van der Waals surface area contributed by atoms with Gasteiger partial charge in [0.2, 0.25) is 5.91 Å². The SMILES string of the molecule is COc1ccc(OC)c([C@@H]2[C@@H]3CCCC[C@]3(O)CCN2CC(=O)Nc2ccccc2)c1. The van der Waals surface area contributed by atoms with E-state index in [0.29, 0.717) is 13.0 Å². The molecule has 2 N–H and O–H groups in total. The molecule has 6 heteroatoms.